The van der Waals surface area contributed by atoms with Crippen molar-refractivity contribution in [3.05, 3.63) is 53.3 Å². The Bertz CT molecular complexity index is 667. The lowest BCUT2D eigenvalue weighted by Crippen LogP contribution is -2.35. The average Bonchev–Trinajstić information content (AvgIpc) is 2.45. The fourth-order valence-electron chi connectivity index (χ4n) is 2.64. The summed E-state index contributed by atoms with van der Waals surface area (Å²) in [7, 11) is 0. The average molecular weight is 268 g/mol. The minimum Gasteiger partial charge on any atom is -0.506 e. The summed E-state index contributed by atoms with van der Waals surface area (Å²) in [5.41, 5.74) is 3.79. The van der Waals surface area contributed by atoms with Gasteiger partial charge in [0.25, 0.3) is 5.91 Å². The van der Waals surface area contributed by atoms with Gasteiger partial charge in [-0.2, -0.15) is 0 Å². The summed E-state index contributed by atoms with van der Waals surface area (Å²) in [4.78, 5) is 18.2. The van der Waals surface area contributed by atoms with Gasteiger partial charge >= 0.3 is 0 Å². The van der Waals surface area contributed by atoms with E-state index in [9.17, 15) is 9.90 Å². The normalized spacial score (nSPS) is 13.9. The van der Waals surface area contributed by atoms with Gasteiger partial charge in [0, 0.05) is 18.4 Å². The van der Waals surface area contributed by atoms with Crippen LogP contribution in [0.3, 0.4) is 0 Å². The number of carbonyl (C=O) groups excluding carboxylic acids is 1. The molecule has 0 bridgehead atoms. The Morgan fingerprint density at radius 2 is 2.15 bits per heavy atom. The second-order valence-electron chi connectivity index (χ2n) is 5.12. The number of amides is 1. The zero-order valence-corrected chi connectivity index (χ0v) is 11.3. The predicted octanol–water partition coefficient (Wildman–Crippen LogP) is 2.69. The largest absolute Gasteiger partial charge is 0.506 e. The number of hydrogen-bond donors (Lipinski definition) is 1. The molecule has 3 rings (SSSR count). The van der Waals surface area contributed by atoms with E-state index in [-0.39, 0.29) is 11.7 Å². The third-order valence-electron chi connectivity index (χ3n) is 3.57. The number of pyridine rings is 1. The summed E-state index contributed by atoms with van der Waals surface area (Å²) >= 11 is 0. The van der Waals surface area contributed by atoms with Crippen LogP contribution in [0, 0.1) is 6.92 Å². The van der Waals surface area contributed by atoms with Crippen molar-refractivity contribution in [3.63, 3.8) is 0 Å². The summed E-state index contributed by atoms with van der Waals surface area (Å²) in [5.74, 6) is -0.102. The quantitative estimate of drug-likeness (QED) is 0.865. The van der Waals surface area contributed by atoms with Gasteiger partial charge in [0.05, 0.1) is 11.8 Å². The summed E-state index contributed by atoms with van der Waals surface area (Å²) in [6.45, 7) is 2.75. The number of nitrogens with zero attached hydrogens (tertiary/aromatic N) is 2. The van der Waals surface area contributed by atoms with Gasteiger partial charge in [0.15, 0.2) is 0 Å². The Hall–Kier alpha value is -2.36. The molecular weight excluding hydrogens is 252 g/mol. The monoisotopic (exact) mass is 268 g/mol. The predicted molar refractivity (Wildman–Crippen MR) is 77.1 cm³/mol. The highest BCUT2D eigenvalue weighted by atomic mass is 16.3. The number of fused-ring (bicyclic) bond motifs is 1. The van der Waals surface area contributed by atoms with Crippen molar-refractivity contribution in [2.24, 2.45) is 0 Å². The Morgan fingerprint density at radius 1 is 1.30 bits per heavy atom. The molecule has 102 valence electrons. The Balaban J connectivity index is 1.98. The lowest BCUT2D eigenvalue weighted by atomic mass is 9.99. The Kier molecular flexibility index (Phi) is 3.14. The lowest BCUT2D eigenvalue weighted by Gasteiger charge is -2.29. The number of aromatic nitrogens is 1. The van der Waals surface area contributed by atoms with Gasteiger partial charge < -0.3 is 10.0 Å². The van der Waals surface area contributed by atoms with Crippen molar-refractivity contribution in [3.8, 4) is 5.75 Å². The molecule has 1 aliphatic rings. The maximum atomic E-state index is 12.6. The first-order valence-electron chi connectivity index (χ1n) is 6.70. The van der Waals surface area contributed by atoms with Crippen LogP contribution in [0.2, 0.25) is 0 Å². The molecule has 1 amide bonds. The van der Waals surface area contributed by atoms with Gasteiger partial charge in [-0.1, -0.05) is 17.7 Å². The van der Waals surface area contributed by atoms with E-state index < -0.39 is 0 Å². The third-order valence-corrected chi connectivity index (χ3v) is 3.57. The fourth-order valence-corrected chi connectivity index (χ4v) is 2.64. The van der Waals surface area contributed by atoms with E-state index in [1.165, 1.54) is 29.6 Å². The number of anilines is 1. The highest BCUT2D eigenvalue weighted by Gasteiger charge is 2.23. The van der Waals surface area contributed by atoms with Crippen molar-refractivity contribution in [2.75, 3.05) is 11.4 Å². The van der Waals surface area contributed by atoms with Crippen LogP contribution in [0.4, 0.5) is 5.69 Å². The summed E-state index contributed by atoms with van der Waals surface area (Å²) < 4.78 is 0. The van der Waals surface area contributed by atoms with Crippen molar-refractivity contribution in [1.29, 1.82) is 0 Å². The van der Waals surface area contributed by atoms with Crippen LogP contribution in [0.1, 0.15) is 27.9 Å². The van der Waals surface area contributed by atoms with Gasteiger partial charge in [-0.15, -0.1) is 0 Å². The molecule has 0 spiro atoms. The van der Waals surface area contributed by atoms with E-state index in [2.05, 4.69) is 18.0 Å². The van der Waals surface area contributed by atoms with Crippen LogP contribution in [-0.2, 0) is 6.42 Å². The highest BCUT2D eigenvalue weighted by Crippen LogP contribution is 2.29. The molecule has 20 heavy (non-hydrogen) atoms. The van der Waals surface area contributed by atoms with Crippen molar-refractivity contribution >= 4 is 11.6 Å². The first-order valence-corrected chi connectivity index (χ1v) is 6.70. The first-order chi connectivity index (χ1) is 9.65. The molecule has 4 heteroatoms. The molecule has 2 heterocycles. The summed E-state index contributed by atoms with van der Waals surface area (Å²) in [5, 5.41) is 9.46. The van der Waals surface area contributed by atoms with Crippen LogP contribution in [-0.4, -0.2) is 22.5 Å². The van der Waals surface area contributed by atoms with Gasteiger partial charge in [-0.25, -0.2) is 0 Å². The SMILES string of the molecule is Cc1ccc2c(c1)CCCN2C(=O)c1cncc(O)c1. The standard InChI is InChI=1S/C16H16N2O2/c1-11-4-5-15-12(7-11)3-2-6-18(15)16(20)13-8-14(19)10-17-9-13/h4-5,7-10,19H,2-3,6H2,1H3. The molecule has 1 aliphatic heterocycles. The van der Waals surface area contributed by atoms with E-state index in [1.807, 2.05) is 12.1 Å². The van der Waals surface area contributed by atoms with E-state index >= 15 is 0 Å². The van der Waals surface area contributed by atoms with Crippen LogP contribution in [0.5, 0.6) is 5.75 Å². The molecule has 0 aliphatic carbocycles. The number of carbonyl (C=O) groups is 1. The molecule has 4 nitrogen and oxygen atoms in total. The molecule has 2 aromatic rings. The Labute approximate surface area is 117 Å². The fraction of sp³-hybridized carbons (Fsp3) is 0.250. The molecule has 0 saturated carbocycles. The van der Waals surface area contributed by atoms with Gasteiger partial charge in [0.2, 0.25) is 0 Å². The van der Waals surface area contributed by atoms with Gasteiger partial charge in [-0.3, -0.25) is 9.78 Å². The maximum absolute atomic E-state index is 12.6. The van der Waals surface area contributed by atoms with E-state index in [1.54, 1.807) is 4.90 Å². The zero-order chi connectivity index (χ0) is 14.1. The smallest absolute Gasteiger partial charge is 0.259 e. The second kappa shape index (κ2) is 4.96. The minimum atomic E-state index is -0.113. The molecular formula is C16H16N2O2. The van der Waals surface area contributed by atoms with Crippen molar-refractivity contribution in [1.82, 2.24) is 4.98 Å². The maximum Gasteiger partial charge on any atom is 0.259 e. The van der Waals surface area contributed by atoms with Crippen molar-refractivity contribution < 1.29 is 9.90 Å². The van der Waals surface area contributed by atoms with Crippen LogP contribution in [0.25, 0.3) is 0 Å². The van der Waals surface area contributed by atoms with E-state index in [0.29, 0.717) is 12.1 Å². The first kappa shape index (κ1) is 12.7. The molecule has 0 fully saturated rings. The minimum absolute atomic E-state index is 0.0111. The van der Waals surface area contributed by atoms with Gasteiger partial charge in [-0.05, 0) is 37.5 Å². The second-order valence-corrected chi connectivity index (χ2v) is 5.12. The molecule has 1 aromatic carbocycles. The molecule has 1 aromatic heterocycles. The van der Waals surface area contributed by atoms with Crippen LogP contribution < -0.4 is 4.90 Å². The summed E-state index contributed by atoms with van der Waals surface area (Å²) in [6, 6.07) is 7.61. The summed E-state index contributed by atoms with van der Waals surface area (Å²) in [6.07, 6.45) is 4.77. The number of rotatable bonds is 1. The molecule has 1 N–H and O–H groups in total. The number of aryl methyl sites for hydroxylation is 2. The number of aromatic hydroxyl groups is 1. The zero-order valence-electron chi connectivity index (χ0n) is 11.3. The topological polar surface area (TPSA) is 53.4 Å². The van der Waals surface area contributed by atoms with Crippen molar-refractivity contribution in [2.45, 2.75) is 19.8 Å². The number of hydrogen-bond acceptors (Lipinski definition) is 3. The molecule has 0 saturated heterocycles. The van der Waals surface area contributed by atoms with Gasteiger partial charge in [0.1, 0.15) is 5.75 Å². The van der Waals surface area contributed by atoms with Crippen LogP contribution >= 0.6 is 0 Å². The van der Waals surface area contributed by atoms with Crippen LogP contribution in [0.15, 0.2) is 36.7 Å². The number of benzene rings is 1. The third kappa shape index (κ3) is 2.25. The highest BCUT2D eigenvalue weighted by molar-refractivity contribution is 6.06. The Morgan fingerprint density at radius 3 is 2.95 bits per heavy atom. The lowest BCUT2D eigenvalue weighted by molar-refractivity contribution is 0.0984. The van der Waals surface area contributed by atoms with E-state index in [0.717, 1.165) is 18.5 Å². The molecule has 0 atom stereocenters. The molecule has 0 radical (unpaired) electrons. The molecule has 0 unspecified atom stereocenters. The van der Waals surface area contributed by atoms with E-state index in [4.69, 9.17) is 0 Å².